The average Bonchev–Trinajstić information content (AvgIpc) is 2.27. The van der Waals surface area contributed by atoms with Crippen LogP contribution in [0.1, 0.15) is 19.4 Å². The Morgan fingerprint density at radius 2 is 2.12 bits per heavy atom. The summed E-state index contributed by atoms with van der Waals surface area (Å²) >= 11 is 5.69. The Morgan fingerprint density at radius 3 is 2.76 bits per heavy atom. The zero-order valence-corrected chi connectivity index (χ0v) is 11.3. The normalized spacial score (nSPS) is 10.6. The smallest absolute Gasteiger partial charge is 0.124 e. The van der Waals surface area contributed by atoms with Crippen LogP contribution in [-0.2, 0) is 6.54 Å². The molecule has 0 saturated carbocycles. The van der Waals surface area contributed by atoms with Crippen LogP contribution in [0.2, 0.25) is 0 Å². The predicted molar refractivity (Wildman–Crippen MR) is 73.5 cm³/mol. The molecule has 0 saturated heterocycles. The van der Waals surface area contributed by atoms with Crippen molar-refractivity contribution in [3.63, 3.8) is 0 Å². The van der Waals surface area contributed by atoms with Crippen molar-refractivity contribution >= 4 is 11.6 Å². The van der Waals surface area contributed by atoms with Crippen LogP contribution in [0.4, 0.5) is 0 Å². The Hall–Kier alpha value is -0.990. The summed E-state index contributed by atoms with van der Waals surface area (Å²) in [6.45, 7) is 10.1. The minimum absolute atomic E-state index is 0.350. The Kier molecular flexibility index (Phi) is 6.09. The van der Waals surface area contributed by atoms with Gasteiger partial charge in [0.1, 0.15) is 12.4 Å². The van der Waals surface area contributed by atoms with Gasteiger partial charge in [0, 0.05) is 17.1 Å². The lowest BCUT2D eigenvalue weighted by Crippen LogP contribution is -2.19. The maximum Gasteiger partial charge on any atom is 0.124 e. The quantitative estimate of drug-likeness (QED) is 0.802. The molecule has 0 radical (unpaired) electrons. The lowest BCUT2D eigenvalue weighted by atomic mass is 10.2. The first kappa shape index (κ1) is 14.1. The highest BCUT2D eigenvalue weighted by Gasteiger charge is 2.03. The molecule has 0 spiro atoms. The zero-order valence-electron chi connectivity index (χ0n) is 10.5. The van der Waals surface area contributed by atoms with E-state index in [1.165, 1.54) is 0 Å². The highest BCUT2D eigenvalue weighted by atomic mass is 35.5. The Balaban J connectivity index is 2.54. The highest BCUT2D eigenvalue weighted by Crippen LogP contribution is 2.18. The molecule has 0 atom stereocenters. The molecule has 94 valence electrons. The third-order valence-corrected chi connectivity index (χ3v) is 2.33. The molecule has 0 aliphatic heterocycles. The van der Waals surface area contributed by atoms with Crippen molar-refractivity contribution in [2.45, 2.75) is 20.4 Å². The van der Waals surface area contributed by atoms with E-state index in [0.717, 1.165) is 24.4 Å². The van der Waals surface area contributed by atoms with E-state index in [1.807, 2.05) is 18.2 Å². The van der Waals surface area contributed by atoms with E-state index in [2.05, 4.69) is 31.8 Å². The largest absolute Gasteiger partial charge is 0.488 e. The van der Waals surface area contributed by atoms with Crippen molar-refractivity contribution in [1.29, 1.82) is 0 Å². The summed E-state index contributed by atoms with van der Waals surface area (Å²) in [5.74, 6) is 1.51. The number of benzene rings is 1. The molecule has 0 fully saturated rings. The highest BCUT2D eigenvalue weighted by molar-refractivity contribution is 6.29. The van der Waals surface area contributed by atoms with Crippen LogP contribution in [0.15, 0.2) is 35.9 Å². The molecule has 2 nitrogen and oxygen atoms in total. The van der Waals surface area contributed by atoms with E-state index in [0.29, 0.717) is 17.6 Å². The first-order chi connectivity index (χ1) is 8.09. The zero-order chi connectivity index (χ0) is 12.7. The third-order valence-electron chi connectivity index (χ3n) is 2.22. The van der Waals surface area contributed by atoms with Gasteiger partial charge < -0.3 is 10.1 Å². The molecule has 1 aromatic carbocycles. The second-order valence-electron chi connectivity index (χ2n) is 4.44. The van der Waals surface area contributed by atoms with Gasteiger partial charge in [-0.1, -0.05) is 50.2 Å². The van der Waals surface area contributed by atoms with Gasteiger partial charge >= 0.3 is 0 Å². The Labute approximate surface area is 109 Å². The number of para-hydroxylation sites is 1. The van der Waals surface area contributed by atoms with E-state index >= 15 is 0 Å². The molecule has 1 rings (SSSR count). The molecule has 1 aromatic rings. The number of hydrogen-bond donors (Lipinski definition) is 1. The van der Waals surface area contributed by atoms with Gasteiger partial charge in [0.15, 0.2) is 0 Å². The van der Waals surface area contributed by atoms with Crippen LogP contribution < -0.4 is 10.1 Å². The van der Waals surface area contributed by atoms with E-state index in [1.54, 1.807) is 0 Å². The van der Waals surface area contributed by atoms with Crippen molar-refractivity contribution in [2.75, 3.05) is 13.2 Å². The van der Waals surface area contributed by atoms with Gasteiger partial charge in [-0.25, -0.2) is 0 Å². The van der Waals surface area contributed by atoms with Crippen molar-refractivity contribution in [3.05, 3.63) is 41.4 Å². The molecular weight excluding hydrogens is 234 g/mol. The van der Waals surface area contributed by atoms with Gasteiger partial charge in [0.25, 0.3) is 0 Å². The SMILES string of the molecule is C=C(Cl)COc1ccccc1CNCC(C)C. The summed E-state index contributed by atoms with van der Waals surface area (Å²) in [7, 11) is 0. The van der Waals surface area contributed by atoms with Gasteiger partial charge in [-0.3, -0.25) is 0 Å². The lowest BCUT2D eigenvalue weighted by molar-refractivity contribution is 0.354. The van der Waals surface area contributed by atoms with Crippen LogP contribution in [0, 0.1) is 5.92 Å². The monoisotopic (exact) mass is 253 g/mol. The molecule has 0 aromatic heterocycles. The van der Waals surface area contributed by atoms with Crippen LogP contribution in [-0.4, -0.2) is 13.2 Å². The first-order valence-electron chi connectivity index (χ1n) is 5.84. The summed E-state index contributed by atoms with van der Waals surface area (Å²) in [5, 5.41) is 3.90. The van der Waals surface area contributed by atoms with E-state index in [9.17, 15) is 0 Å². The summed E-state index contributed by atoms with van der Waals surface area (Å²) in [5.41, 5.74) is 1.14. The molecule has 0 amide bonds. The summed E-state index contributed by atoms with van der Waals surface area (Å²) in [6.07, 6.45) is 0. The molecule has 17 heavy (non-hydrogen) atoms. The topological polar surface area (TPSA) is 21.3 Å². The van der Waals surface area contributed by atoms with Crippen molar-refractivity contribution in [3.8, 4) is 5.75 Å². The minimum Gasteiger partial charge on any atom is -0.488 e. The van der Waals surface area contributed by atoms with Crippen molar-refractivity contribution < 1.29 is 4.74 Å². The van der Waals surface area contributed by atoms with Gasteiger partial charge in [-0.05, 0) is 18.5 Å². The summed E-state index contributed by atoms with van der Waals surface area (Å²) < 4.78 is 5.58. The van der Waals surface area contributed by atoms with Gasteiger partial charge in [-0.15, -0.1) is 0 Å². The third kappa shape index (κ3) is 5.76. The lowest BCUT2D eigenvalue weighted by Gasteiger charge is -2.12. The van der Waals surface area contributed by atoms with Gasteiger partial charge in [-0.2, -0.15) is 0 Å². The standard InChI is InChI=1S/C14H20ClNO/c1-11(2)8-16-9-13-6-4-5-7-14(13)17-10-12(3)15/h4-7,11,16H,3,8-10H2,1-2H3. The van der Waals surface area contributed by atoms with Gasteiger partial charge in [0.2, 0.25) is 0 Å². The molecule has 0 heterocycles. The van der Waals surface area contributed by atoms with Crippen LogP contribution >= 0.6 is 11.6 Å². The fourth-order valence-electron chi connectivity index (χ4n) is 1.44. The maximum absolute atomic E-state index is 5.69. The van der Waals surface area contributed by atoms with Gasteiger partial charge in [0.05, 0.1) is 0 Å². The maximum atomic E-state index is 5.69. The molecular formula is C14H20ClNO. The van der Waals surface area contributed by atoms with Crippen LogP contribution in [0.25, 0.3) is 0 Å². The summed E-state index contributed by atoms with van der Waals surface area (Å²) in [4.78, 5) is 0. The molecule has 3 heteroatoms. The van der Waals surface area contributed by atoms with Crippen molar-refractivity contribution in [1.82, 2.24) is 5.32 Å². The fourth-order valence-corrected chi connectivity index (χ4v) is 1.50. The fraction of sp³-hybridized carbons (Fsp3) is 0.429. The number of halogens is 1. The molecule has 0 bridgehead atoms. The number of nitrogens with one attached hydrogen (secondary N) is 1. The number of ether oxygens (including phenoxy) is 1. The number of hydrogen-bond acceptors (Lipinski definition) is 2. The van der Waals surface area contributed by atoms with E-state index in [4.69, 9.17) is 16.3 Å². The second kappa shape index (κ2) is 7.36. The van der Waals surface area contributed by atoms with Crippen molar-refractivity contribution in [2.24, 2.45) is 5.92 Å². The minimum atomic E-state index is 0.350. The summed E-state index contributed by atoms with van der Waals surface area (Å²) in [6, 6.07) is 7.97. The van der Waals surface area contributed by atoms with Crippen LogP contribution in [0.5, 0.6) is 5.75 Å². The Bertz CT molecular complexity index is 363. The molecule has 1 N–H and O–H groups in total. The second-order valence-corrected chi connectivity index (χ2v) is 4.97. The first-order valence-corrected chi connectivity index (χ1v) is 6.22. The van der Waals surface area contributed by atoms with E-state index < -0.39 is 0 Å². The molecule has 0 aliphatic carbocycles. The molecule has 0 unspecified atom stereocenters. The predicted octanol–water partition coefficient (Wildman–Crippen LogP) is 3.56. The Morgan fingerprint density at radius 1 is 1.41 bits per heavy atom. The number of rotatable bonds is 7. The molecule has 0 aliphatic rings. The average molecular weight is 254 g/mol. The van der Waals surface area contributed by atoms with Crippen LogP contribution in [0.3, 0.4) is 0 Å². The van der Waals surface area contributed by atoms with E-state index in [-0.39, 0.29) is 0 Å².